The standard InChI is InChI=1S/C65H130O13S6.H3O4P/c1-13-25-31-37-43-49-56(19-7)79(67,68)62-55-63(66,80(69,70)57(20-8)50-44-38-32-26-14-2)65(83(75,76)60(23-11)53-47-41-35-29-17-5,84(77,78)61(24-12)54-48-42-36-30-18-6)64(62,81(71,72)58(21-9)51-45-39-33-27-15-3)82(73,74)59(22-10)52-46-40-34-28-16-4;1-5(2,3)4/h56-62,66H,13-55H2,1-12H3;(H3,1,2,3,4). The molecule has 17 nitrogen and oxygen atoms in total. The molecule has 1 aliphatic carbocycles. The Morgan fingerprint density at radius 2 is 0.506 bits per heavy atom. The number of unbranched alkanes of at least 4 members (excludes halogenated alkanes) is 24. The molecule has 0 aromatic heterocycles. The van der Waals surface area contributed by atoms with Gasteiger partial charge in [0.25, 0.3) is 4.08 Å². The third-order valence-electron chi connectivity index (χ3n) is 19.5. The average molecular weight is 1410 g/mol. The first-order chi connectivity index (χ1) is 41.7. The van der Waals surface area contributed by atoms with E-state index in [4.69, 9.17) is 19.2 Å². The van der Waals surface area contributed by atoms with Gasteiger partial charge in [-0.1, -0.05) is 276 Å². The topological polar surface area (TPSA) is 303 Å². The molecule has 1 saturated carbocycles. The first-order valence-corrected chi connectivity index (χ1v) is 46.5. The number of hydrogen-bond donors (Lipinski definition) is 4. The fraction of sp³-hybridized carbons (Fsp3) is 1.00. The van der Waals surface area contributed by atoms with Crippen molar-refractivity contribution in [3.05, 3.63) is 0 Å². The van der Waals surface area contributed by atoms with Crippen molar-refractivity contribution < 1.29 is 74.9 Å². The maximum Gasteiger partial charge on any atom is 0.466 e. The molecule has 0 aromatic rings. The van der Waals surface area contributed by atoms with E-state index in [1.54, 1.807) is 6.92 Å². The van der Waals surface area contributed by atoms with Crippen LogP contribution < -0.4 is 0 Å². The van der Waals surface area contributed by atoms with Crippen LogP contribution in [0.4, 0.5) is 0 Å². The quantitative estimate of drug-likeness (QED) is 0.0325. The van der Waals surface area contributed by atoms with Crippen molar-refractivity contribution in [2.24, 2.45) is 0 Å². The summed E-state index contributed by atoms with van der Waals surface area (Å²) >= 11 is 0. The van der Waals surface area contributed by atoms with Crippen molar-refractivity contribution in [1.29, 1.82) is 0 Å². The first kappa shape index (κ1) is 88.8. The van der Waals surface area contributed by atoms with Crippen molar-refractivity contribution in [3.63, 3.8) is 0 Å². The maximum absolute atomic E-state index is 17.8. The van der Waals surface area contributed by atoms with Gasteiger partial charge in [0.15, 0.2) is 59.0 Å². The van der Waals surface area contributed by atoms with Crippen molar-refractivity contribution in [3.8, 4) is 0 Å². The van der Waals surface area contributed by atoms with Gasteiger partial charge in [-0.25, -0.2) is 55.1 Å². The average Bonchev–Trinajstić information content (AvgIpc) is 1.53. The van der Waals surface area contributed by atoms with E-state index in [9.17, 15) is 5.11 Å². The highest BCUT2D eigenvalue weighted by molar-refractivity contribution is 8.19. The van der Waals surface area contributed by atoms with E-state index in [-0.39, 0.29) is 96.3 Å². The zero-order chi connectivity index (χ0) is 68.4. The van der Waals surface area contributed by atoms with Gasteiger partial charge >= 0.3 is 7.82 Å². The highest BCUT2D eigenvalue weighted by Crippen LogP contribution is 2.69. The third kappa shape index (κ3) is 22.4. The second-order valence-electron chi connectivity index (χ2n) is 26.0. The van der Waals surface area contributed by atoms with E-state index in [1.165, 1.54) is 34.6 Å². The molecule has 0 amide bonds. The van der Waals surface area contributed by atoms with Gasteiger partial charge < -0.3 is 19.8 Å². The molecular weight excluding hydrogens is 1280 g/mol. The minimum atomic E-state index is -6.24. The molecule has 536 valence electrons. The Hall–Kier alpha value is -0.230. The van der Waals surface area contributed by atoms with E-state index >= 15 is 50.5 Å². The van der Waals surface area contributed by atoms with Crippen molar-refractivity contribution in [2.45, 2.75) is 409 Å². The third-order valence-corrected chi connectivity index (χ3v) is 40.7. The molecule has 8 atom stereocenters. The molecule has 24 heteroatoms. The molecule has 0 bridgehead atoms. The summed E-state index contributed by atoms with van der Waals surface area (Å²) in [5.74, 6) is 0. The smallest absolute Gasteiger partial charge is 0.372 e. The van der Waals surface area contributed by atoms with Gasteiger partial charge in [0.2, 0.25) is 9.01 Å². The summed E-state index contributed by atoms with van der Waals surface area (Å²) in [6, 6.07) is 0. The minimum absolute atomic E-state index is 0.101. The van der Waals surface area contributed by atoms with E-state index in [1.807, 2.05) is 41.5 Å². The van der Waals surface area contributed by atoms with Gasteiger partial charge in [-0.15, -0.1) is 0 Å². The highest BCUT2D eigenvalue weighted by Gasteiger charge is 2.97. The summed E-state index contributed by atoms with van der Waals surface area (Å²) in [6.07, 6.45) is 13.5. The molecule has 0 aromatic carbocycles. The van der Waals surface area contributed by atoms with Crippen LogP contribution in [0.5, 0.6) is 0 Å². The van der Waals surface area contributed by atoms with E-state index in [2.05, 4.69) is 0 Å². The monoisotopic (exact) mass is 1410 g/mol. The number of sulfone groups is 6. The summed E-state index contributed by atoms with van der Waals surface area (Å²) < 4.78 is 210. The van der Waals surface area contributed by atoms with Gasteiger partial charge in [0.05, 0.1) is 31.5 Å². The van der Waals surface area contributed by atoms with Crippen LogP contribution in [0.25, 0.3) is 0 Å². The molecule has 0 heterocycles. The zero-order valence-electron chi connectivity index (χ0n) is 57.9. The van der Waals surface area contributed by atoms with Crippen LogP contribution in [0.3, 0.4) is 0 Å². The summed E-state index contributed by atoms with van der Waals surface area (Å²) in [7, 11) is -40.7. The zero-order valence-corrected chi connectivity index (χ0v) is 63.7. The lowest BCUT2D eigenvalue weighted by Gasteiger charge is -2.53. The van der Waals surface area contributed by atoms with Gasteiger partial charge in [0, 0.05) is 6.42 Å². The van der Waals surface area contributed by atoms with Gasteiger partial charge in [-0.2, -0.15) is 0 Å². The van der Waals surface area contributed by atoms with Gasteiger partial charge in [0.1, 0.15) is 5.25 Å². The molecule has 0 radical (unpaired) electrons. The van der Waals surface area contributed by atoms with E-state index in [0.29, 0.717) is 70.6 Å². The Kier molecular flexibility index (Phi) is 43.0. The van der Waals surface area contributed by atoms with Crippen LogP contribution >= 0.6 is 7.82 Å². The number of hydrogen-bond acceptors (Lipinski definition) is 14. The van der Waals surface area contributed by atoms with Crippen LogP contribution in [0, 0.1) is 0 Å². The maximum atomic E-state index is 17.8. The van der Waals surface area contributed by atoms with Crippen molar-refractivity contribution in [1.82, 2.24) is 0 Å². The Bertz CT molecular complexity index is 2550. The summed E-state index contributed by atoms with van der Waals surface area (Å²) in [5.41, 5.74) is 0. The number of rotatable bonds is 54. The fourth-order valence-corrected chi connectivity index (χ4v) is 39.4. The lowest BCUT2D eigenvalue weighted by Crippen LogP contribution is -2.82. The molecule has 1 aliphatic rings. The summed E-state index contributed by atoms with van der Waals surface area (Å²) in [4.78, 5) is 17.3. The Morgan fingerprint density at radius 3 is 0.719 bits per heavy atom. The summed E-state index contributed by atoms with van der Waals surface area (Å²) in [6.45, 7) is 21.3. The lowest BCUT2D eigenvalue weighted by molar-refractivity contribution is 0.118. The molecule has 0 saturated heterocycles. The molecule has 0 aliphatic heterocycles. The van der Waals surface area contributed by atoms with Gasteiger partial charge in [-0.3, -0.25) is 0 Å². The molecular formula is C65H133O17PS6. The number of aliphatic hydroxyl groups is 1. The molecule has 0 spiro atoms. The molecule has 1 rings (SSSR count). The Balaban J connectivity index is 0.0000148. The minimum Gasteiger partial charge on any atom is -0.372 e. The number of phosphoric acid groups is 1. The van der Waals surface area contributed by atoms with E-state index in [0.717, 1.165) is 89.9 Å². The lowest BCUT2D eigenvalue weighted by atomic mass is 10.1. The second kappa shape index (κ2) is 43.1. The molecule has 4 N–H and O–H groups in total. The van der Waals surface area contributed by atoms with Crippen molar-refractivity contribution >= 4 is 66.8 Å². The van der Waals surface area contributed by atoms with E-state index < -0.39 is 136 Å². The van der Waals surface area contributed by atoms with Crippen LogP contribution in [-0.2, 0) is 63.6 Å². The van der Waals surface area contributed by atoms with Crippen molar-refractivity contribution in [2.75, 3.05) is 0 Å². The Morgan fingerprint density at radius 1 is 0.315 bits per heavy atom. The van der Waals surface area contributed by atoms with Crippen LogP contribution in [-0.4, -0.2) is 120 Å². The van der Waals surface area contributed by atoms with Crippen LogP contribution in [0.2, 0.25) is 0 Å². The van der Waals surface area contributed by atoms with Crippen LogP contribution in [0.1, 0.15) is 359 Å². The SMILES string of the molecule is CCCCCCCC(CC)S(=O)(=O)C1CC(O)(S(=O)(=O)C(CC)CCCCCCC)C(S(=O)(=O)C(CC)CCCCCCC)(S(=O)(=O)C(CC)CCCCCCC)C1(S(=O)(=O)C(CC)CCCCCCC)S(=O)(=O)C(CC)CCCCCCC.O=P(O)(O)O. The molecule has 1 fully saturated rings. The predicted molar refractivity (Wildman–Crippen MR) is 371 cm³/mol. The predicted octanol–water partition coefficient (Wildman–Crippen LogP) is 16.2. The van der Waals surface area contributed by atoms with Gasteiger partial charge in [-0.05, 0) is 77.0 Å². The summed E-state index contributed by atoms with van der Waals surface area (Å²) in [5, 5.41) is 1.19. The Labute approximate surface area is 547 Å². The van der Waals surface area contributed by atoms with Crippen LogP contribution in [0.15, 0.2) is 0 Å². The fourth-order valence-electron chi connectivity index (χ4n) is 14.4. The largest absolute Gasteiger partial charge is 0.466 e. The molecule has 8 unspecified atom stereocenters. The highest BCUT2D eigenvalue weighted by atomic mass is 32.3. The second-order valence-corrected chi connectivity index (χ2v) is 41.9. The first-order valence-electron chi connectivity index (χ1n) is 35.6. The molecule has 89 heavy (non-hydrogen) atoms. The normalized spacial score (nSPS) is 21.9.